The molecule has 1 aliphatic carbocycles. The number of aliphatic imine (C=N–C) groups is 1. The van der Waals surface area contributed by atoms with Crippen LogP contribution in [0.5, 0.6) is 0 Å². The van der Waals surface area contributed by atoms with Gasteiger partial charge in [-0.05, 0) is 49.1 Å². The summed E-state index contributed by atoms with van der Waals surface area (Å²) in [5, 5.41) is 34.4. The molecular weight excluding hydrogens is 560 g/mol. The molecule has 2 amide bonds. The summed E-state index contributed by atoms with van der Waals surface area (Å²) in [6.07, 6.45) is 8.85. The number of hydrogen-bond acceptors (Lipinski definition) is 12. The predicted octanol–water partition coefficient (Wildman–Crippen LogP) is 3.90. The van der Waals surface area contributed by atoms with Gasteiger partial charge in [-0.25, -0.2) is 0 Å². The van der Waals surface area contributed by atoms with E-state index in [0.717, 1.165) is 41.3 Å². The molecular formula is C27H26N10O2S2. The average molecular weight is 587 g/mol. The second-order valence-electron chi connectivity index (χ2n) is 9.52. The van der Waals surface area contributed by atoms with Crippen molar-refractivity contribution < 1.29 is 9.59 Å². The monoisotopic (exact) mass is 586 g/mol. The van der Waals surface area contributed by atoms with Crippen LogP contribution in [0.4, 0.5) is 10.3 Å². The molecule has 0 spiro atoms. The van der Waals surface area contributed by atoms with E-state index in [2.05, 4.69) is 46.0 Å². The van der Waals surface area contributed by atoms with Crippen molar-refractivity contribution in [3.8, 4) is 6.07 Å². The lowest BCUT2D eigenvalue weighted by Crippen LogP contribution is -2.15. The van der Waals surface area contributed by atoms with Crippen LogP contribution >= 0.6 is 22.7 Å². The maximum Gasteiger partial charge on any atom is 0.232 e. The van der Waals surface area contributed by atoms with E-state index in [0.29, 0.717) is 27.2 Å². The molecule has 0 saturated heterocycles. The summed E-state index contributed by atoms with van der Waals surface area (Å²) in [5.41, 5.74) is 2.51. The second-order valence-corrected chi connectivity index (χ2v) is 11.5. The van der Waals surface area contributed by atoms with E-state index in [4.69, 9.17) is 5.26 Å². The van der Waals surface area contributed by atoms with Gasteiger partial charge in [-0.15, -0.1) is 20.4 Å². The summed E-state index contributed by atoms with van der Waals surface area (Å²) in [6, 6.07) is 8.89. The Morgan fingerprint density at radius 3 is 2.12 bits per heavy atom. The fourth-order valence-electron chi connectivity index (χ4n) is 4.66. The quantitative estimate of drug-likeness (QED) is 0.276. The lowest BCUT2D eigenvalue weighted by atomic mass is 9.82. The number of aromatic nitrogens is 6. The summed E-state index contributed by atoms with van der Waals surface area (Å²) in [6.45, 7) is 0. The molecule has 0 aliphatic heterocycles. The van der Waals surface area contributed by atoms with Crippen LogP contribution in [0.1, 0.15) is 70.0 Å². The zero-order valence-corrected chi connectivity index (χ0v) is 23.8. The van der Waals surface area contributed by atoms with Crippen LogP contribution in [0.3, 0.4) is 0 Å². The lowest BCUT2D eigenvalue weighted by molar-refractivity contribution is -0.116. The highest BCUT2D eigenvalue weighted by Crippen LogP contribution is 2.43. The van der Waals surface area contributed by atoms with Gasteiger partial charge in [0.05, 0.1) is 35.9 Å². The molecule has 14 heteroatoms. The molecule has 1 fully saturated rings. The fraction of sp³-hybridized carbons (Fsp3) is 0.333. The third-order valence-electron chi connectivity index (χ3n) is 6.49. The number of carbonyl (C=O) groups is 2. The van der Waals surface area contributed by atoms with Crippen molar-refractivity contribution in [3.05, 3.63) is 69.2 Å². The highest BCUT2D eigenvalue weighted by Gasteiger charge is 2.29. The first-order valence-electron chi connectivity index (χ1n) is 13.0. The smallest absolute Gasteiger partial charge is 0.232 e. The highest BCUT2D eigenvalue weighted by atomic mass is 32.1. The summed E-state index contributed by atoms with van der Waals surface area (Å²) in [7, 11) is 1.69. The fourth-order valence-corrected chi connectivity index (χ4v) is 6.48. The third kappa shape index (κ3) is 7.59. The second kappa shape index (κ2) is 13.2. The van der Waals surface area contributed by atoms with Gasteiger partial charge in [0.1, 0.15) is 10.0 Å². The number of nitrogens with one attached hydrogen (secondary N) is 2. The summed E-state index contributed by atoms with van der Waals surface area (Å²) in [4.78, 5) is 37.5. The van der Waals surface area contributed by atoms with E-state index in [1.165, 1.54) is 28.9 Å². The van der Waals surface area contributed by atoms with E-state index in [-0.39, 0.29) is 36.5 Å². The molecule has 0 radical (unpaired) electrons. The molecule has 4 aromatic heterocycles. The van der Waals surface area contributed by atoms with Gasteiger partial charge in [0.25, 0.3) is 0 Å². The number of pyridine rings is 2. The Balaban J connectivity index is 1.15. The van der Waals surface area contributed by atoms with Crippen molar-refractivity contribution in [2.24, 2.45) is 4.99 Å². The molecule has 0 bridgehead atoms. The van der Waals surface area contributed by atoms with Crippen LogP contribution in [0.15, 0.2) is 41.7 Å². The Labute approximate surface area is 244 Å². The summed E-state index contributed by atoms with van der Waals surface area (Å²) in [5.74, 6) is -0.0790. The first-order chi connectivity index (χ1) is 20.0. The van der Waals surface area contributed by atoms with E-state index >= 15 is 0 Å². The number of nitriles is 1. The molecule has 5 rings (SSSR count). The first kappa shape index (κ1) is 28.1. The maximum atomic E-state index is 12.6. The molecule has 4 heterocycles. The van der Waals surface area contributed by atoms with E-state index < -0.39 is 0 Å². The molecule has 1 aliphatic rings. The van der Waals surface area contributed by atoms with Gasteiger partial charge in [0, 0.05) is 37.5 Å². The number of anilines is 2. The third-order valence-corrected chi connectivity index (χ3v) is 8.50. The van der Waals surface area contributed by atoms with E-state index in [1.54, 1.807) is 31.6 Å². The van der Waals surface area contributed by atoms with Crippen molar-refractivity contribution in [1.29, 1.82) is 5.26 Å². The Bertz CT molecular complexity index is 1610. The Kier molecular flexibility index (Phi) is 9.07. The maximum absolute atomic E-state index is 12.6. The van der Waals surface area contributed by atoms with Crippen LogP contribution in [-0.2, 0) is 22.4 Å². The topological polar surface area (TPSA) is 172 Å². The van der Waals surface area contributed by atoms with Crippen molar-refractivity contribution >= 4 is 51.0 Å². The minimum Gasteiger partial charge on any atom is -0.300 e. The molecule has 41 heavy (non-hydrogen) atoms. The minimum atomic E-state index is -0.265. The Morgan fingerprint density at radius 1 is 0.951 bits per heavy atom. The molecule has 12 nitrogen and oxygen atoms in total. The lowest BCUT2D eigenvalue weighted by Gasteiger charge is -2.25. The van der Waals surface area contributed by atoms with Crippen LogP contribution in [0, 0.1) is 11.3 Å². The van der Waals surface area contributed by atoms with Crippen LogP contribution in [0.2, 0.25) is 0 Å². The van der Waals surface area contributed by atoms with Gasteiger partial charge in [0.15, 0.2) is 0 Å². The average Bonchev–Trinajstić information content (AvgIpc) is 3.63. The minimum absolute atomic E-state index is 0.0441. The largest absolute Gasteiger partial charge is 0.300 e. The Hall–Kier alpha value is -4.48. The van der Waals surface area contributed by atoms with Gasteiger partial charge in [-0.2, -0.15) is 5.26 Å². The molecule has 2 N–H and O–H groups in total. The predicted molar refractivity (Wildman–Crippen MR) is 155 cm³/mol. The van der Waals surface area contributed by atoms with E-state index in [1.807, 2.05) is 18.2 Å². The number of hydrogen-bond donors (Lipinski definition) is 2. The molecule has 1 saturated carbocycles. The normalized spacial score (nSPS) is 16.8. The van der Waals surface area contributed by atoms with Gasteiger partial charge >= 0.3 is 0 Å². The van der Waals surface area contributed by atoms with Crippen molar-refractivity contribution in [2.45, 2.75) is 50.4 Å². The first-order valence-corrected chi connectivity index (χ1v) is 14.6. The van der Waals surface area contributed by atoms with Gasteiger partial charge < -0.3 is 10.6 Å². The molecule has 208 valence electrons. The van der Waals surface area contributed by atoms with Crippen LogP contribution in [0.25, 0.3) is 0 Å². The standard InChI is InChI=1S/C27H26N10O2S2/c1-29-15-17-6-8-31-21(10-17)13-23(39)33-27-37-35-25(41-27)19-4-2-3-18(11-19)24-34-36-26(40-24)32-22(38)12-20-9-16(14-28)5-7-30-20/h5-10,15,18-19H,2-4,11-13H2,1H3,(H,32,36,38)(H,33,37,39)/b29-15+/t18-,19-/m0/s1. The van der Waals surface area contributed by atoms with Crippen molar-refractivity contribution in [1.82, 2.24) is 30.4 Å². The van der Waals surface area contributed by atoms with Gasteiger partial charge in [0.2, 0.25) is 22.1 Å². The molecule has 0 unspecified atom stereocenters. The zero-order chi connectivity index (χ0) is 28.6. The van der Waals surface area contributed by atoms with Crippen molar-refractivity contribution in [2.75, 3.05) is 17.7 Å². The van der Waals surface area contributed by atoms with Crippen molar-refractivity contribution in [3.63, 3.8) is 0 Å². The van der Waals surface area contributed by atoms with Gasteiger partial charge in [-0.1, -0.05) is 29.1 Å². The highest BCUT2D eigenvalue weighted by molar-refractivity contribution is 7.15. The summed E-state index contributed by atoms with van der Waals surface area (Å²) < 4.78 is 0. The van der Waals surface area contributed by atoms with Crippen LogP contribution < -0.4 is 10.6 Å². The number of amides is 2. The SMILES string of the molecule is C/N=C/c1ccnc(CC(=O)Nc2nnc([C@H]3CCC[C@H](c4nnc(NC(=O)Cc5cc(C#N)ccn5)s4)C3)s2)c1. The molecule has 0 aromatic carbocycles. The number of nitrogens with zero attached hydrogens (tertiary/aromatic N) is 8. The number of carbonyl (C=O) groups excluding carboxylic acids is 2. The van der Waals surface area contributed by atoms with Crippen LogP contribution in [-0.4, -0.2) is 55.4 Å². The Morgan fingerprint density at radius 2 is 1.54 bits per heavy atom. The molecule has 2 atom stereocenters. The number of rotatable bonds is 9. The van der Waals surface area contributed by atoms with E-state index in [9.17, 15) is 9.59 Å². The van der Waals surface area contributed by atoms with Gasteiger partial charge in [-0.3, -0.25) is 24.5 Å². The molecule has 4 aromatic rings. The summed E-state index contributed by atoms with van der Waals surface area (Å²) >= 11 is 2.76. The zero-order valence-electron chi connectivity index (χ0n) is 22.1.